The van der Waals surface area contributed by atoms with Gasteiger partial charge in [-0.15, -0.1) is 0 Å². The molecule has 1 aliphatic rings. The van der Waals surface area contributed by atoms with Crippen LogP contribution in [0, 0.1) is 12.8 Å². The van der Waals surface area contributed by atoms with Crippen LogP contribution in [0.5, 0.6) is 0 Å². The largest absolute Gasteiger partial charge is 0.344 e. The van der Waals surface area contributed by atoms with Crippen molar-refractivity contribution in [3.8, 4) is 0 Å². The molecule has 1 N–H and O–H groups in total. The van der Waals surface area contributed by atoms with Crippen LogP contribution in [-0.2, 0) is 16.1 Å². The first-order chi connectivity index (χ1) is 9.90. The molecule has 1 fully saturated rings. The Hall–Kier alpha value is -1.85. The van der Waals surface area contributed by atoms with Crippen molar-refractivity contribution in [2.75, 3.05) is 6.54 Å². The third-order valence-electron chi connectivity index (χ3n) is 4.05. The van der Waals surface area contributed by atoms with E-state index >= 15 is 0 Å². The van der Waals surface area contributed by atoms with E-state index in [0.29, 0.717) is 19.5 Å². The highest BCUT2D eigenvalue weighted by Gasteiger charge is 2.35. The Labute approximate surface area is 125 Å². The molecule has 1 aromatic rings. The number of amides is 2. The van der Waals surface area contributed by atoms with Crippen molar-refractivity contribution in [1.82, 2.24) is 19.8 Å². The van der Waals surface area contributed by atoms with Crippen molar-refractivity contribution in [3.05, 3.63) is 18.2 Å². The lowest BCUT2D eigenvalue weighted by molar-refractivity contribution is -0.136. The van der Waals surface area contributed by atoms with Crippen LogP contribution < -0.4 is 5.32 Å². The minimum absolute atomic E-state index is 0.0149. The van der Waals surface area contributed by atoms with Gasteiger partial charge in [-0.1, -0.05) is 13.8 Å². The van der Waals surface area contributed by atoms with Gasteiger partial charge < -0.3 is 14.8 Å². The number of rotatable bonds is 4. The molecule has 2 rings (SSSR count). The molecule has 1 saturated heterocycles. The summed E-state index contributed by atoms with van der Waals surface area (Å²) in [5.41, 5.74) is 0. The van der Waals surface area contributed by atoms with Crippen molar-refractivity contribution in [3.63, 3.8) is 0 Å². The molecule has 0 aliphatic carbocycles. The van der Waals surface area contributed by atoms with E-state index < -0.39 is 6.04 Å². The zero-order chi connectivity index (χ0) is 15.6. The summed E-state index contributed by atoms with van der Waals surface area (Å²) in [6, 6.07) is -0.503. The van der Waals surface area contributed by atoms with Crippen LogP contribution in [0.3, 0.4) is 0 Å². The summed E-state index contributed by atoms with van der Waals surface area (Å²) in [5, 5.41) is 2.84. The second-order valence-corrected chi connectivity index (χ2v) is 6.04. The van der Waals surface area contributed by atoms with Gasteiger partial charge in [0.1, 0.15) is 11.9 Å². The van der Waals surface area contributed by atoms with Crippen molar-refractivity contribution >= 4 is 11.8 Å². The Bertz CT molecular complexity index is 523. The Morgan fingerprint density at radius 2 is 2.10 bits per heavy atom. The first kappa shape index (κ1) is 15.5. The van der Waals surface area contributed by atoms with Crippen LogP contribution >= 0.6 is 0 Å². The molecule has 116 valence electrons. The molecule has 6 heteroatoms. The Kier molecular flexibility index (Phi) is 4.65. The highest BCUT2D eigenvalue weighted by molar-refractivity contribution is 5.90. The second-order valence-electron chi connectivity index (χ2n) is 6.04. The molecule has 0 saturated carbocycles. The molecule has 0 bridgehead atoms. The highest BCUT2D eigenvalue weighted by Crippen LogP contribution is 2.16. The SMILES string of the molecule is Cc1nccn1CCN1C(=O)C(C(C)C)NC(=O)CC1C. The fraction of sp³-hybridized carbons (Fsp3) is 0.667. The van der Waals surface area contributed by atoms with Gasteiger partial charge >= 0.3 is 0 Å². The third kappa shape index (κ3) is 3.43. The number of aromatic nitrogens is 2. The summed E-state index contributed by atoms with van der Waals surface area (Å²) in [5.74, 6) is 0.987. The molecule has 2 atom stereocenters. The molecule has 2 heterocycles. The maximum atomic E-state index is 12.7. The molecular weight excluding hydrogens is 268 g/mol. The summed E-state index contributed by atoms with van der Waals surface area (Å²) in [4.78, 5) is 30.6. The van der Waals surface area contributed by atoms with Gasteiger partial charge in [0.05, 0.1) is 0 Å². The molecule has 0 spiro atoms. The maximum absolute atomic E-state index is 12.7. The van der Waals surface area contributed by atoms with Gasteiger partial charge in [-0.25, -0.2) is 4.98 Å². The smallest absolute Gasteiger partial charge is 0.245 e. The molecule has 6 nitrogen and oxygen atoms in total. The fourth-order valence-electron chi connectivity index (χ4n) is 2.71. The Morgan fingerprint density at radius 3 is 2.67 bits per heavy atom. The molecule has 2 amide bonds. The van der Waals surface area contributed by atoms with Crippen molar-refractivity contribution in [2.24, 2.45) is 5.92 Å². The van der Waals surface area contributed by atoms with E-state index in [-0.39, 0.29) is 23.8 Å². The van der Waals surface area contributed by atoms with Crippen LogP contribution in [0.15, 0.2) is 12.4 Å². The quantitative estimate of drug-likeness (QED) is 0.898. The minimum atomic E-state index is -0.425. The van der Waals surface area contributed by atoms with Crippen molar-refractivity contribution in [1.29, 1.82) is 0 Å². The second kappa shape index (κ2) is 6.28. The van der Waals surface area contributed by atoms with Gasteiger partial charge in [-0.3, -0.25) is 9.59 Å². The van der Waals surface area contributed by atoms with E-state index in [9.17, 15) is 9.59 Å². The first-order valence-electron chi connectivity index (χ1n) is 7.47. The van der Waals surface area contributed by atoms with E-state index in [4.69, 9.17) is 0 Å². The number of hydrogen-bond acceptors (Lipinski definition) is 3. The van der Waals surface area contributed by atoms with E-state index in [2.05, 4.69) is 10.3 Å². The lowest BCUT2D eigenvalue weighted by atomic mass is 10.0. The third-order valence-corrected chi connectivity index (χ3v) is 4.05. The predicted octanol–water partition coefficient (Wildman–Crippen LogP) is 0.953. The van der Waals surface area contributed by atoms with E-state index in [1.54, 1.807) is 6.20 Å². The lowest BCUT2D eigenvalue weighted by Gasteiger charge is -2.30. The van der Waals surface area contributed by atoms with Crippen molar-refractivity contribution in [2.45, 2.75) is 52.7 Å². The normalized spacial score (nSPS) is 23.4. The topological polar surface area (TPSA) is 67.2 Å². The minimum Gasteiger partial charge on any atom is -0.344 e. The van der Waals surface area contributed by atoms with Crippen LogP contribution in [-0.4, -0.2) is 44.9 Å². The van der Waals surface area contributed by atoms with E-state index in [1.807, 2.05) is 43.4 Å². The fourth-order valence-corrected chi connectivity index (χ4v) is 2.71. The average molecular weight is 292 g/mol. The average Bonchev–Trinajstić information content (AvgIpc) is 2.76. The Balaban J connectivity index is 2.12. The number of nitrogens with zero attached hydrogens (tertiary/aromatic N) is 3. The molecule has 1 aliphatic heterocycles. The summed E-state index contributed by atoms with van der Waals surface area (Å²) in [6.45, 7) is 9.07. The zero-order valence-electron chi connectivity index (χ0n) is 13.2. The summed E-state index contributed by atoms with van der Waals surface area (Å²) >= 11 is 0. The van der Waals surface area contributed by atoms with Gasteiger partial charge in [0.25, 0.3) is 0 Å². The van der Waals surface area contributed by atoms with Gasteiger partial charge in [-0.2, -0.15) is 0 Å². The Morgan fingerprint density at radius 1 is 1.38 bits per heavy atom. The molecule has 0 radical (unpaired) electrons. The van der Waals surface area contributed by atoms with Gasteiger partial charge in [0.2, 0.25) is 11.8 Å². The zero-order valence-corrected chi connectivity index (χ0v) is 13.2. The summed E-state index contributed by atoms with van der Waals surface area (Å²) < 4.78 is 2.02. The van der Waals surface area contributed by atoms with Crippen molar-refractivity contribution < 1.29 is 9.59 Å². The number of aryl methyl sites for hydroxylation is 1. The number of carbonyl (C=O) groups is 2. The molecule has 21 heavy (non-hydrogen) atoms. The van der Waals surface area contributed by atoms with Crippen LogP contribution in [0.25, 0.3) is 0 Å². The van der Waals surface area contributed by atoms with Gasteiger partial charge in [-0.05, 0) is 19.8 Å². The van der Waals surface area contributed by atoms with E-state index in [0.717, 1.165) is 5.82 Å². The summed E-state index contributed by atoms with van der Waals surface area (Å²) in [7, 11) is 0. The summed E-state index contributed by atoms with van der Waals surface area (Å²) in [6.07, 6.45) is 4.02. The van der Waals surface area contributed by atoms with Crippen LogP contribution in [0.4, 0.5) is 0 Å². The van der Waals surface area contributed by atoms with Gasteiger partial charge in [0.15, 0.2) is 0 Å². The predicted molar refractivity (Wildman–Crippen MR) is 79.5 cm³/mol. The molecule has 0 aromatic carbocycles. The molecule has 1 aromatic heterocycles. The monoisotopic (exact) mass is 292 g/mol. The highest BCUT2D eigenvalue weighted by atomic mass is 16.2. The lowest BCUT2D eigenvalue weighted by Crippen LogP contribution is -2.49. The number of imidazole rings is 1. The van der Waals surface area contributed by atoms with E-state index in [1.165, 1.54) is 0 Å². The maximum Gasteiger partial charge on any atom is 0.245 e. The van der Waals surface area contributed by atoms with Crippen LogP contribution in [0.2, 0.25) is 0 Å². The van der Waals surface area contributed by atoms with Gasteiger partial charge in [0, 0.05) is 37.9 Å². The molecule has 2 unspecified atom stereocenters. The number of hydrogen-bond donors (Lipinski definition) is 1. The van der Waals surface area contributed by atoms with Crippen LogP contribution in [0.1, 0.15) is 33.0 Å². The standard InChI is InChI=1S/C15H24N4O2/c1-10(2)14-15(21)19(11(3)9-13(20)17-14)8-7-18-6-5-16-12(18)4/h5-6,10-11,14H,7-9H2,1-4H3,(H,17,20). The number of carbonyl (C=O) groups excluding carboxylic acids is 2. The molecular formula is C15H24N4O2. The first-order valence-corrected chi connectivity index (χ1v) is 7.47. The number of nitrogens with one attached hydrogen (secondary N) is 1.